The van der Waals surface area contributed by atoms with Crippen molar-refractivity contribution in [2.24, 2.45) is 5.92 Å². The first kappa shape index (κ1) is 21.9. The Kier molecular flexibility index (Phi) is 6.96. The maximum absolute atomic E-state index is 12.6. The monoisotopic (exact) mass is 414 g/mol. The fourth-order valence-corrected chi connectivity index (χ4v) is 3.73. The molecule has 0 bridgehead atoms. The predicted octanol–water partition coefficient (Wildman–Crippen LogP) is 1.16. The first-order chi connectivity index (χ1) is 13.7. The zero-order valence-corrected chi connectivity index (χ0v) is 17.4. The van der Waals surface area contributed by atoms with Crippen LogP contribution in [0.25, 0.3) is 11.8 Å². The van der Waals surface area contributed by atoms with Crippen LogP contribution in [-0.4, -0.2) is 28.6 Å². The molecule has 1 aromatic carbocycles. The molecule has 8 nitrogen and oxygen atoms in total. The van der Waals surface area contributed by atoms with Crippen molar-refractivity contribution in [1.82, 2.24) is 4.57 Å². The molecule has 0 atom stereocenters. The molecule has 0 unspecified atom stereocenters. The molecule has 1 heterocycles. The molecule has 0 saturated heterocycles. The van der Waals surface area contributed by atoms with Crippen LogP contribution in [0.4, 0.5) is 11.4 Å². The van der Waals surface area contributed by atoms with Gasteiger partial charge in [0, 0.05) is 37.1 Å². The van der Waals surface area contributed by atoms with Gasteiger partial charge in [-0.15, -0.1) is 11.3 Å². The van der Waals surface area contributed by atoms with Crippen molar-refractivity contribution in [2.75, 3.05) is 17.3 Å². The van der Waals surface area contributed by atoms with Crippen molar-refractivity contribution in [3.8, 4) is 6.07 Å². The second-order valence-corrected chi connectivity index (χ2v) is 7.53. The number of aromatic nitrogens is 1. The smallest absolute Gasteiger partial charge is 0.349 e. The highest BCUT2D eigenvalue weighted by Crippen LogP contribution is 2.20. The van der Waals surface area contributed by atoms with E-state index >= 15 is 0 Å². The zero-order chi connectivity index (χ0) is 21.7. The number of benzene rings is 1. The quantitative estimate of drug-likeness (QED) is 0.733. The Labute approximate surface area is 171 Å². The Hall–Kier alpha value is -3.38. The molecular formula is C20H22N4O4S. The number of thiazole rings is 1. The van der Waals surface area contributed by atoms with Gasteiger partial charge in [0.15, 0.2) is 5.57 Å². The minimum Gasteiger partial charge on any atom is -0.477 e. The Morgan fingerprint density at radius 1 is 1.41 bits per heavy atom. The highest BCUT2D eigenvalue weighted by Gasteiger charge is 2.15. The molecule has 0 aliphatic carbocycles. The van der Waals surface area contributed by atoms with E-state index < -0.39 is 11.5 Å². The van der Waals surface area contributed by atoms with Crippen molar-refractivity contribution in [1.29, 1.82) is 5.26 Å². The van der Waals surface area contributed by atoms with Crippen LogP contribution in [0, 0.1) is 17.2 Å². The molecule has 29 heavy (non-hydrogen) atoms. The molecule has 2 aromatic rings. The zero-order valence-electron chi connectivity index (χ0n) is 16.6. The molecule has 2 N–H and O–H groups in total. The first-order valence-electron chi connectivity index (χ1n) is 8.92. The van der Waals surface area contributed by atoms with Crippen LogP contribution in [0.5, 0.6) is 0 Å². The lowest BCUT2D eigenvalue weighted by molar-refractivity contribution is -0.130. The van der Waals surface area contributed by atoms with Gasteiger partial charge < -0.3 is 15.3 Å². The van der Waals surface area contributed by atoms with Crippen LogP contribution in [0.3, 0.4) is 0 Å². The molecule has 0 fully saturated rings. The number of hydrogen-bond donors (Lipinski definition) is 2. The van der Waals surface area contributed by atoms with E-state index in [-0.39, 0.29) is 33.1 Å². The summed E-state index contributed by atoms with van der Waals surface area (Å²) in [4.78, 5) is 37.6. The summed E-state index contributed by atoms with van der Waals surface area (Å²) in [7, 11) is 1.70. The standard InChI is InChI=1S/C20H22N4O4S/c1-5-24-18(26)16(29-19(24)15(10-21)20(27)28)11-22-13-7-6-8-14(9-13)23(4)17(25)12(2)3/h6-9,11-12,22H,5H2,1-4H3,(H,27,28). The highest BCUT2D eigenvalue weighted by molar-refractivity contribution is 7.07. The van der Waals surface area contributed by atoms with E-state index in [9.17, 15) is 19.5 Å². The van der Waals surface area contributed by atoms with Gasteiger partial charge in [0.2, 0.25) is 5.91 Å². The average Bonchev–Trinajstić information content (AvgIpc) is 3.00. The molecule has 1 aromatic heterocycles. The van der Waals surface area contributed by atoms with Gasteiger partial charge in [-0.3, -0.25) is 14.2 Å². The van der Waals surface area contributed by atoms with E-state index in [1.54, 1.807) is 49.2 Å². The first-order valence-corrected chi connectivity index (χ1v) is 9.74. The topological polar surface area (TPSA) is 115 Å². The highest BCUT2D eigenvalue weighted by atomic mass is 32.1. The van der Waals surface area contributed by atoms with E-state index in [4.69, 9.17) is 5.26 Å². The van der Waals surface area contributed by atoms with Crippen molar-refractivity contribution in [2.45, 2.75) is 27.3 Å². The SMILES string of the molecule is CCn1c(=C(C#N)C(=O)O)sc(=CNc2cccc(N(C)C(=O)C(C)C)c2)c1=O. The fraction of sp³-hybridized carbons (Fsp3) is 0.300. The minimum absolute atomic E-state index is 0.0203. The van der Waals surface area contributed by atoms with Gasteiger partial charge in [0.25, 0.3) is 5.56 Å². The van der Waals surface area contributed by atoms with Crippen molar-refractivity contribution < 1.29 is 14.7 Å². The summed E-state index contributed by atoms with van der Waals surface area (Å²) in [6.07, 6.45) is 1.48. The van der Waals surface area contributed by atoms with Crippen molar-refractivity contribution in [3.05, 3.63) is 43.8 Å². The predicted molar refractivity (Wildman–Crippen MR) is 113 cm³/mol. The molecule has 0 spiro atoms. The lowest BCUT2D eigenvalue weighted by atomic mass is 10.1. The summed E-state index contributed by atoms with van der Waals surface area (Å²) in [6.45, 7) is 5.60. The minimum atomic E-state index is -1.37. The van der Waals surface area contributed by atoms with Crippen LogP contribution in [0.1, 0.15) is 20.8 Å². The number of carbonyl (C=O) groups is 2. The third-order valence-corrected chi connectivity index (χ3v) is 5.32. The lowest BCUT2D eigenvalue weighted by Gasteiger charge is -2.20. The van der Waals surface area contributed by atoms with Gasteiger partial charge in [0.05, 0.1) is 0 Å². The molecule has 9 heteroatoms. The molecule has 0 saturated carbocycles. The van der Waals surface area contributed by atoms with Crippen LogP contribution in [0.2, 0.25) is 0 Å². The summed E-state index contributed by atoms with van der Waals surface area (Å²) in [5.41, 5.74) is 0.513. The summed E-state index contributed by atoms with van der Waals surface area (Å²) < 4.78 is 1.64. The second-order valence-electron chi connectivity index (χ2n) is 6.50. The normalized spacial score (nSPS) is 12.5. The van der Waals surface area contributed by atoms with Gasteiger partial charge >= 0.3 is 5.97 Å². The number of carbonyl (C=O) groups excluding carboxylic acids is 1. The number of anilines is 2. The van der Waals surface area contributed by atoms with Crippen LogP contribution >= 0.6 is 11.3 Å². The number of rotatable bonds is 6. The molecular weight excluding hydrogens is 392 g/mol. The largest absolute Gasteiger partial charge is 0.477 e. The third-order valence-electron chi connectivity index (χ3n) is 4.19. The van der Waals surface area contributed by atoms with E-state index in [1.807, 2.05) is 13.8 Å². The molecule has 0 aliphatic heterocycles. The number of amides is 1. The van der Waals surface area contributed by atoms with Crippen molar-refractivity contribution >= 4 is 46.4 Å². The van der Waals surface area contributed by atoms with E-state index in [1.165, 1.54) is 10.8 Å². The number of nitrogens with zero attached hydrogens (tertiary/aromatic N) is 3. The number of aliphatic carboxylic acids is 1. The summed E-state index contributed by atoms with van der Waals surface area (Å²) in [5.74, 6) is -1.53. The van der Waals surface area contributed by atoms with Gasteiger partial charge in [0.1, 0.15) is 15.3 Å². The number of hydrogen-bond acceptors (Lipinski definition) is 6. The van der Waals surface area contributed by atoms with Crippen LogP contribution in [0.15, 0.2) is 29.1 Å². The maximum atomic E-state index is 12.6. The second kappa shape index (κ2) is 9.21. The Balaban J connectivity index is 2.47. The molecule has 1 amide bonds. The summed E-state index contributed by atoms with van der Waals surface area (Å²) >= 11 is 0.938. The van der Waals surface area contributed by atoms with Gasteiger partial charge in [-0.1, -0.05) is 19.9 Å². The number of nitriles is 1. The lowest BCUT2D eigenvalue weighted by Crippen LogP contribution is -2.32. The summed E-state index contributed by atoms with van der Waals surface area (Å²) in [5, 5.41) is 21.3. The maximum Gasteiger partial charge on any atom is 0.349 e. The number of carboxylic acids is 1. The van der Waals surface area contributed by atoms with Gasteiger partial charge in [-0.2, -0.15) is 5.26 Å². The Bertz CT molecular complexity index is 1150. The fourth-order valence-electron chi connectivity index (χ4n) is 2.65. The Morgan fingerprint density at radius 2 is 2.10 bits per heavy atom. The van der Waals surface area contributed by atoms with E-state index in [0.29, 0.717) is 11.4 Å². The molecule has 152 valence electrons. The number of carboxylic acid groups (broad SMARTS) is 1. The number of nitrogens with one attached hydrogen (secondary N) is 1. The average molecular weight is 414 g/mol. The summed E-state index contributed by atoms with van der Waals surface area (Å²) in [6, 6.07) is 8.79. The van der Waals surface area contributed by atoms with E-state index in [2.05, 4.69) is 5.32 Å². The van der Waals surface area contributed by atoms with Gasteiger partial charge in [-0.25, -0.2) is 4.79 Å². The van der Waals surface area contributed by atoms with Crippen molar-refractivity contribution in [3.63, 3.8) is 0 Å². The van der Waals surface area contributed by atoms with Gasteiger partial charge in [-0.05, 0) is 25.1 Å². The van der Waals surface area contributed by atoms with Crippen LogP contribution < -0.4 is 25.0 Å². The molecule has 2 rings (SSSR count). The molecule has 0 radical (unpaired) electrons. The third kappa shape index (κ3) is 4.73. The molecule has 0 aliphatic rings. The Morgan fingerprint density at radius 3 is 2.66 bits per heavy atom. The van der Waals surface area contributed by atoms with Crippen LogP contribution in [-0.2, 0) is 16.1 Å². The van der Waals surface area contributed by atoms with E-state index in [0.717, 1.165) is 11.3 Å².